The van der Waals surface area contributed by atoms with Gasteiger partial charge in [0.1, 0.15) is 11.8 Å². The molecule has 36 heavy (non-hydrogen) atoms. The molecule has 3 aromatic rings. The van der Waals surface area contributed by atoms with Gasteiger partial charge in [-0.05, 0) is 73.2 Å². The van der Waals surface area contributed by atoms with Crippen molar-refractivity contribution in [1.82, 2.24) is 10.2 Å². The molecule has 190 valence electrons. The fourth-order valence-corrected chi connectivity index (χ4v) is 4.57. The highest BCUT2D eigenvalue weighted by Gasteiger charge is 2.30. The van der Waals surface area contributed by atoms with Crippen molar-refractivity contribution in [2.45, 2.75) is 53.1 Å². The third kappa shape index (κ3) is 7.69. The second-order valence-corrected chi connectivity index (χ2v) is 10.1. The summed E-state index contributed by atoms with van der Waals surface area (Å²) in [5.74, 6) is 0.297. The number of nitrogens with zero attached hydrogens (tertiary/aromatic N) is 1. The lowest BCUT2D eigenvalue weighted by Crippen LogP contribution is -2.51. The van der Waals surface area contributed by atoms with Gasteiger partial charge in [0.25, 0.3) is 5.91 Å². The highest BCUT2D eigenvalue weighted by atomic mass is 79.9. The first-order chi connectivity index (χ1) is 17.3. The lowest BCUT2D eigenvalue weighted by Gasteiger charge is -2.31. The Morgan fingerprint density at radius 2 is 1.69 bits per heavy atom. The van der Waals surface area contributed by atoms with Crippen LogP contribution in [0, 0.1) is 20.8 Å². The van der Waals surface area contributed by atoms with Gasteiger partial charge in [-0.3, -0.25) is 9.59 Å². The van der Waals surface area contributed by atoms with Crippen LogP contribution in [-0.4, -0.2) is 35.9 Å². The van der Waals surface area contributed by atoms with Crippen molar-refractivity contribution in [3.8, 4) is 5.75 Å². The van der Waals surface area contributed by atoms with E-state index in [1.165, 1.54) is 0 Å². The van der Waals surface area contributed by atoms with E-state index in [0.717, 1.165) is 38.7 Å². The van der Waals surface area contributed by atoms with Gasteiger partial charge < -0.3 is 15.0 Å². The summed E-state index contributed by atoms with van der Waals surface area (Å²) in [6, 6.07) is 21.0. The zero-order chi connectivity index (χ0) is 26.1. The molecule has 0 bridgehead atoms. The number of halogens is 1. The largest absolute Gasteiger partial charge is 0.483 e. The van der Waals surface area contributed by atoms with Crippen LogP contribution in [-0.2, 0) is 22.6 Å². The molecule has 0 saturated heterocycles. The Labute approximate surface area is 223 Å². The second-order valence-electron chi connectivity index (χ2n) is 9.14. The van der Waals surface area contributed by atoms with Crippen molar-refractivity contribution in [1.29, 1.82) is 0 Å². The summed E-state index contributed by atoms with van der Waals surface area (Å²) in [6.07, 6.45) is 1.23. The minimum absolute atomic E-state index is 0.149. The molecule has 5 nitrogen and oxygen atoms in total. The number of benzene rings is 3. The maximum absolute atomic E-state index is 13.7. The molecule has 1 atom stereocenters. The standard InChI is InChI=1S/C30H35BrN2O3/c1-5-14-32-30(35)27(18-24-10-7-6-8-11-24)33(19-25-12-9-13-26(31)17-25)29(34)20-36-28-16-21(2)15-22(3)23(28)4/h6-13,15-17,27H,5,14,18-20H2,1-4H3,(H,32,35)/t27-/m0/s1. The summed E-state index contributed by atoms with van der Waals surface area (Å²) in [4.78, 5) is 28.7. The third-order valence-electron chi connectivity index (χ3n) is 6.18. The lowest BCUT2D eigenvalue weighted by atomic mass is 10.0. The molecule has 0 radical (unpaired) electrons. The van der Waals surface area contributed by atoms with Gasteiger partial charge in [-0.25, -0.2) is 0 Å². The molecule has 0 aliphatic carbocycles. The quantitative estimate of drug-likeness (QED) is 0.322. The smallest absolute Gasteiger partial charge is 0.261 e. The molecule has 0 aliphatic heterocycles. The molecular weight excluding hydrogens is 516 g/mol. The first kappa shape index (κ1) is 27.5. The van der Waals surface area contributed by atoms with Crippen molar-refractivity contribution in [2.75, 3.05) is 13.2 Å². The Balaban J connectivity index is 1.92. The average Bonchev–Trinajstić information content (AvgIpc) is 2.86. The van der Waals surface area contributed by atoms with Crippen LogP contribution in [0.25, 0.3) is 0 Å². The Bertz CT molecular complexity index is 1180. The molecule has 0 unspecified atom stereocenters. The van der Waals surface area contributed by atoms with E-state index >= 15 is 0 Å². The van der Waals surface area contributed by atoms with Gasteiger partial charge in [0, 0.05) is 24.0 Å². The molecule has 3 rings (SSSR count). The number of aryl methyl sites for hydroxylation is 2. The molecule has 0 aromatic heterocycles. The highest BCUT2D eigenvalue weighted by molar-refractivity contribution is 9.10. The Kier molecular flexibility index (Phi) is 10.1. The molecule has 0 aliphatic rings. The van der Waals surface area contributed by atoms with Crippen LogP contribution < -0.4 is 10.1 Å². The Morgan fingerprint density at radius 3 is 2.39 bits per heavy atom. The van der Waals surface area contributed by atoms with Crippen molar-refractivity contribution in [3.05, 3.63) is 99.0 Å². The molecule has 0 saturated carbocycles. The fraction of sp³-hybridized carbons (Fsp3) is 0.333. The summed E-state index contributed by atoms with van der Waals surface area (Å²) in [5.41, 5.74) is 5.12. The maximum Gasteiger partial charge on any atom is 0.261 e. The maximum atomic E-state index is 13.7. The minimum atomic E-state index is -0.672. The van der Waals surface area contributed by atoms with Crippen LogP contribution in [0.15, 0.2) is 71.2 Å². The first-order valence-electron chi connectivity index (χ1n) is 12.3. The van der Waals surface area contributed by atoms with Crippen LogP contribution >= 0.6 is 15.9 Å². The van der Waals surface area contributed by atoms with Gasteiger partial charge in [-0.15, -0.1) is 0 Å². The normalized spacial score (nSPS) is 11.6. The second kappa shape index (κ2) is 13.3. The van der Waals surface area contributed by atoms with Crippen molar-refractivity contribution in [2.24, 2.45) is 0 Å². The summed E-state index contributed by atoms with van der Waals surface area (Å²) in [6.45, 7) is 8.75. The summed E-state index contributed by atoms with van der Waals surface area (Å²) in [5, 5.41) is 3.00. The molecule has 6 heteroatoms. The molecule has 2 amide bonds. The SMILES string of the molecule is CCCNC(=O)[C@H](Cc1ccccc1)N(Cc1cccc(Br)c1)C(=O)COc1cc(C)cc(C)c1C. The van der Waals surface area contributed by atoms with Gasteiger partial charge in [0.15, 0.2) is 6.61 Å². The minimum Gasteiger partial charge on any atom is -0.483 e. The van der Waals surface area contributed by atoms with Crippen LogP contribution in [0.4, 0.5) is 0 Å². The molecule has 0 spiro atoms. The van der Waals surface area contributed by atoms with E-state index in [0.29, 0.717) is 25.3 Å². The average molecular weight is 552 g/mol. The number of carbonyl (C=O) groups excluding carboxylic acids is 2. The predicted octanol–water partition coefficient (Wildman–Crippen LogP) is 5.92. The van der Waals surface area contributed by atoms with E-state index in [4.69, 9.17) is 4.74 Å². The monoisotopic (exact) mass is 550 g/mol. The van der Waals surface area contributed by atoms with Crippen molar-refractivity contribution >= 4 is 27.7 Å². The first-order valence-corrected chi connectivity index (χ1v) is 13.1. The predicted molar refractivity (Wildman–Crippen MR) is 148 cm³/mol. The van der Waals surface area contributed by atoms with E-state index in [1.807, 2.05) is 88.4 Å². The zero-order valence-corrected chi connectivity index (χ0v) is 23.1. The number of hydrogen-bond donors (Lipinski definition) is 1. The molecular formula is C30H35BrN2O3. The van der Waals surface area contributed by atoms with E-state index in [2.05, 4.69) is 27.3 Å². The number of ether oxygens (including phenoxy) is 1. The molecule has 0 fully saturated rings. The van der Waals surface area contributed by atoms with Crippen molar-refractivity contribution in [3.63, 3.8) is 0 Å². The summed E-state index contributed by atoms with van der Waals surface area (Å²) < 4.78 is 6.95. The number of hydrogen-bond acceptors (Lipinski definition) is 3. The number of nitrogens with one attached hydrogen (secondary N) is 1. The molecule has 0 heterocycles. The van der Waals surface area contributed by atoms with E-state index in [-0.39, 0.29) is 18.4 Å². The summed E-state index contributed by atoms with van der Waals surface area (Å²) >= 11 is 3.52. The van der Waals surface area contributed by atoms with Crippen LogP contribution in [0.1, 0.15) is 41.2 Å². The van der Waals surface area contributed by atoms with Crippen LogP contribution in [0.5, 0.6) is 5.75 Å². The van der Waals surface area contributed by atoms with Crippen molar-refractivity contribution < 1.29 is 14.3 Å². The van der Waals surface area contributed by atoms with Crippen LogP contribution in [0.2, 0.25) is 0 Å². The van der Waals surface area contributed by atoms with Crippen LogP contribution in [0.3, 0.4) is 0 Å². The topological polar surface area (TPSA) is 58.6 Å². The Hall–Kier alpha value is -3.12. The van der Waals surface area contributed by atoms with E-state index in [1.54, 1.807) is 4.90 Å². The van der Waals surface area contributed by atoms with E-state index < -0.39 is 6.04 Å². The lowest BCUT2D eigenvalue weighted by molar-refractivity contribution is -0.142. The zero-order valence-electron chi connectivity index (χ0n) is 21.5. The molecule has 3 aromatic carbocycles. The van der Waals surface area contributed by atoms with Gasteiger partial charge >= 0.3 is 0 Å². The van der Waals surface area contributed by atoms with Gasteiger partial charge in [-0.1, -0.05) is 71.4 Å². The molecule has 1 N–H and O–H groups in total. The highest BCUT2D eigenvalue weighted by Crippen LogP contribution is 2.24. The number of carbonyl (C=O) groups is 2. The fourth-order valence-electron chi connectivity index (χ4n) is 4.13. The Morgan fingerprint density at radius 1 is 0.972 bits per heavy atom. The van der Waals surface area contributed by atoms with Gasteiger partial charge in [0.05, 0.1) is 0 Å². The summed E-state index contributed by atoms with van der Waals surface area (Å²) in [7, 11) is 0. The number of amides is 2. The van der Waals surface area contributed by atoms with Gasteiger partial charge in [0.2, 0.25) is 5.91 Å². The third-order valence-corrected chi connectivity index (χ3v) is 6.67. The van der Waals surface area contributed by atoms with Gasteiger partial charge in [-0.2, -0.15) is 0 Å². The van der Waals surface area contributed by atoms with E-state index in [9.17, 15) is 9.59 Å². The number of rotatable bonds is 11.